The van der Waals surface area contributed by atoms with Gasteiger partial charge in [0.15, 0.2) is 11.4 Å². The van der Waals surface area contributed by atoms with E-state index in [1.54, 1.807) is 41.2 Å². The summed E-state index contributed by atoms with van der Waals surface area (Å²) < 4.78 is 43.2. The summed E-state index contributed by atoms with van der Waals surface area (Å²) in [5.41, 5.74) is 5.30. The Morgan fingerprint density at radius 2 is 1.57 bits per heavy atom. The zero-order valence-corrected chi connectivity index (χ0v) is 27.3. The largest absolute Gasteiger partial charge is 0.392 e. The first-order valence-corrected chi connectivity index (χ1v) is 17.1. The molecule has 4 atom stereocenters. The molecule has 0 radical (unpaired) electrons. The number of ether oxygens (including phenoxy) is 2. The van der Waals surface area contributed by atoms with Gasteiger partial charge in [0.25, 0.3) is 0 Å². The number of hydrogen-bond acceptors (Lipinski definition) is 6. The maximum Gasteiger partial charge on any atom is 0.240 e. The average Bonchev–Trinajstić information content (AvgIpc) is 3.41. The lowest BCUT2D eigenvalue weighted by Gasteiger charge is -2.41. The van der Waals surface area contributed by atoms with Gasteiger partial charge in [0.2, 0.25) is 10.0 Å². The van der Waals surface area contributed by atoms with Gasteiger partial charge in [-0.2, -0.15) is 0 Å². The van der Waals surface area contributed by atoms with E-state index in [1.165, 1.54) is 0 Å². The van der Waals surface area contributed by atoms with Crippen LogP contribution in [0.5, 0.6) is 0 Å². The SMILES string of the molecule is CC1C(Cn2cnc(Cl)c2Cl)OC(c2cccc(-c3cccc(CNS(=O)(=O)c4ccccc4)c3)c2)OC1c1ccc(CO)cc1. The number of halogens is 2. The molecule has 0 spiro atoms. The molecule has 1 saturated heterocycles. The van der Waals surface area contributed by atoms with Crippen LogP contribution in [0.4, 0.5) is 0 Å². The van der Waals surface area contributed by atoms with E-state index in [9.17, 15) is 13.5 Å². The van der Waals surface area contributed by atoms with Gasteiger partial charge >= 0.3 is 0 Å². The second-order valence-corrected chi connectivity index (χ2v) is 13.7. The Hall–Kier alpha value is -3.54. The minimum absolute atomic E-state index is 0.0392. The van der Waals surface area contributed by atoms with E-state index in [1.807, 2.05) is 72.8 Å². The van der Waals surface area contributed by atoms with Crippen LogP contribution in [0.25, 0.3) is 11.1 Å². The van der Waals surface area contributed by atoms with Crippen LogP contribution in [-0.2, 0) is 39.2 Å². The summed E-state index contributed by atoms with van der Waals surface area (Å²) in [7, 11) is -3.64. The van der Waals surface area contributed by atoms with Crippen molar-refractivity contribution >= 4 is 33.2 Å². The summed E-state index contributed by atoms with van der Waals surface area (Å²) in [5, 5.41) is 10.1. The van der Waals surface area contributed by atoms with E-state index < -0.39 is 16.3 Å². The lowest BCUT2D eigenvalue weighted by molar-refractivity contribution is -0.276. The number of hydrogen-bond donors (Lipinski definition) is 2. The van der Waals surface area contributed by atoms with Crippen LogP contribution in [0.3, 0.4) is 0 Å². The van der Waals surface area contributed by atoms with E-state index in [0.717, 1.165) is 33.4 Å². The average molecular weight is 679 g/mol. The second-order valence-electron chi connectivity index (χ2n) is 11.3. The van der Waals surface area contributed by atoms with Crippen LogP contribution in [-0.4, -0.2) is 29.2 Å². The first-order chi connectivity index (χ1) is 22.2. The molecule has 0 saturated carbocycles. The molecule has 2 heterocycles. The number of imidazole rings is 1. The van der Waals surface area contributed by atoms with Crippen molar-refractivity contribution in [3.8, 4) is 11.1 Å². The van der Waals surface area contributed by atoms with Crippen molar-refractivity contribution in [2.45, 2.75) is 50.0 Å². The minimum Gasteiger partial charge on any atom is -0.392 e. The maximum absolute atomic E-state index is 12.8. The predicted octanol–water partition coefficient (Wildman–Crippen LogP) is 7.32. The number of aromatic nitrogens is 2. The molecule has 4 aromatic carbocycles. The first kappa shape index (κ1) is 32.4. The molecule has 8 nitrogen and oxygen atoms in total. The molecular formula is C35H33Cl2N3O5S. The van der Waals surface area contributed by atoms with Crippen molar-refractivity contribution in [2.75, 3.05) is 0 Å². The fraction of sp³-hybridized carbons (Fsp3) is 0.229. The molecule has 1 aliphatic rings. The number of sulfonamides is 1. The Morgan fingerprint density at radius 1 is 0.848 bits per heavy atom. The summed E-state index contributed by atoms with van der Waals surface area (Å²) in [6, 6.07) is 31.7. The van der Waals surface area contributed by atoms with Gasteiger partial charge in [-0.25, -0.2) is 18.1 Å². The molecule has 4 unspecified atom stereocenters. The van der Waals surface area contributed by atoms with Crippen molar-refractivity contribution in [3.05, 3.63) is 142 Å². The number of nitrogens with zero attached hydrogens (tertiary/aromatic N) is 2. The van der Waals surface area contributed by atoms with Gasteiger partial charge in [0.1, 0.15) is 5.15 Å². The topological polar surface area (TPSA) is 103 Å². The standard InChI is InChI=1S/C35H33Cl2N3O5S/c1-23-31(20-40-22-38-33(36)34(40)37)44-35(45-32(23)26-15-13-24(21-41)14-16-26)29-10-6-9-28(18-29)27-8-5-7-25(17-27)19-39-46(42,43)30-11-3-2-4-12-30/h2-18,22-23,31-32,35,39,41H,19-21H2,1H3. The molecule has 0 amide bonds. The monoisotopic (exact) mass is 677 g/mol. The first-order valence-electron chi connectivity index (χ1n) is 14.8. The maximum atomic E-state index is 12.8. The van der Waals surface area contributed by atoms with Crippen LogP contribution in [0, 0.1) is 5.92 Å². The highest BCUT2D eigenvalue weighted by Crippen LogP contribution is 2.43. The molecule has 5 aromatic rings. The summed E-state index contributed by atoms with van der Waals surface area (Å²) in [5.74, 6) is -0.0620. The molecule has 0 aliphatic carbocycles. The third-order valence-corrected chi connectivity index (χ3v) is 10.4. The summed E-state index contributed by atoms with van der Waals surface area (Å²) in [6.45, 7) is 2.61. The van der Waals surface area contributed by atoms with E-state index in [0.29, 0.717) is 11.7 Å². The molecule has 0 bridgehead atoms. The van der Waals surface area contributed by atoms with Crippen LogP contribution >= 0.6 is 23.2 Å². The zero-order valence-electron chi connectivity index (χ0n) is 25.0. The lowest BCUT2D eigenvalue weighted by Crippen LogP contribution is -2.39. The van der Waals surface area contributed by atoms with Crippen LogP contribution in [0.15, 0.2) is 114 Å². The van der Waals surface area contributed by atoms with Crippen molar-refractivity contribution in [3.63, 3.8) is 0 Å². The van der Waals surface area contributed by atoms with Crippen LogP contribution < -0.4 is 4.72 Å². The van der Waals surface area contributed by atoms with E-state index in [-0.39, 0.29) is 41.3 Å². The van der Waals surface area contributed by atoms with E-state index >= 15 is 0 Å². The lowest BCUT2D eigenvalue weighted by atomic mass is 9.90. The molecule has 1 aromatic heterocycles. The Balaban J connectivity index is 1.26. The highest BCUT2D eigenvalue weighted by atomic mass is 35.5. The Kier molecular flexibility index (Phi) is 9.91. The Morgan fingerprint density at radius 3 is 2.26 bits per heavy atom. The van der Waals surface area contributed by atoms with Crippen molar-refractivity contribution in [1.82, 2.24) is 14.3 Å². The highest BCUT2D eigenvalue weighted by Gasteiger charge is 2.39. The number of aliphatic hydroxyl groups is 1. The van der Waals surface area contributed by atoms with Crippen LogP contribution in [0.1, 0.15) is 41.6 Å². The third-order valence-electron chi connectivity index (χ3n) is 8.17. The predicted molar refractivity (Wildman–Crippen MR) is 178 cm³/mol. The van der Waals surface area contributed by atoms with Crippen LogP contribution in [0.2, 0.25) is 10.3 Å². The molecule has 238 valence electrons. The molecule has 1 fully saturated rings. The Labute approximate surface area is 278 Å². The van der Waals surface area contributed by atoms with Gasteiger partial charge in [-0.15, -0.1) is 0 Å². The van der Waals surface area contributed by atoms with Gasteiger partial charge < -0.3 is 19.1 Å². The molecule has 2 N–H and O–H groups in total. The summed E-state index contributed by atoms with van der Waals surface area (Å²) in [4.78, 5) is 4.34. The normalized spacial score (nSPS) is 20.1. The van der Waals surface area contributed by atoms with Crippen molar-refractivity contribution < 1.29 is 23.0 Å². The fourth-order valence-corrected chi connectivity index (χ4v) is 6.93. The van der Waals surface area contributed by atoms with Gasteiger partial charge in [0.05, 0.1) is 36.6 Å². The second kappa shape index (κ2) is 14.1. The quantitative estimate of drug-likeness (QED) is 0.161. The highest BCUT2D eigenvalue weighted by molar-refractivity contribution is 7.89. The molecule has 1 aliphatic heterocycles. The fourth-order valence-electron chi connectivity index (χ4n) is 5.58. The molecule has 11 heteroatoms. The minimum atomic E-state index is -3.64. The van der Waals surface area contributed by atoms with Gasteiger partial charge in [0, 0.05) is 18.0 Å². The number of rotatable bonds is 10. The van der Waals surface area contributed by atoms with Crippen molar-refractivity contribution in [2.24, 2.45) is 5.92 Å². The molecular weight excluding hydrogens is 645 g/mol. The van der Waals surface area contributed by atoms with Gasteiger partial charge in [-0.05, 0) is 52.1 Å². The van der Waals surface area contributed by atoms with E-state index in [4.69, 9.17) is 32.7 Å². The number of benzene rings is 4. The van der Waals surface area contributed by atoms with Gasteiger partial charge in [-0.3, -0.25) is 0 Å². The van der Waals surface area contributed by atoms with Gasteiger partial charge in [-0.1, -0.05) is 109 Å². The summed E-state index contributed by atoms with van der Waals surface area (Å²) in [6.07, 6.45) is 0.305. The third kappa shape index (κ3) is 7.21. The molecule has 46 heavy (non-hydrogen) atoms. The molecule has 6 rings (SSSR count). The van der Waals surface area contributed by atoms with Crippen molar-refractivity contribution in [1.29, 1.82) is 0 Å². The number of nitrogens with one attached hydrogen (secondary N) is 1. The Bertz CT molecular complexity index is 1900. The summed E-state index contributed by atoms with van der Waals surface area (Å²) >= 11 is 12.6. The zero-order chi connectivity index (χ0) is 32.3. The number of aliphatic hydroxyl groups excluding tert-OH is 1. The van der Waals surface area contributed by atoms with E-state index in [2.05, 4.69) is 16.6 Å². The smallest absolute Gasteiger partial charge is 0.240 e.